The highest BCUT2D eigenvalue weighted by Crippen LogP contribution is 2.19. The van der Waals surface area contributed by atoms with Gasteiger partial charge in [0.15, 0.2) is 5.96 Å². The maximum Gasteiger partial charge on any atom is 0.310 e. The van der Waals surface area contributed by atoms with Crippen LogP contribution in [0.25, 0.3) is 0 Å². The van der Waals surface area contributed by atoms with Crippen molar-refractivity contribution in [3.63, 3.8) is 0 Å². The van der Waals surface area contributed by atoms with E-state index in [0.29, 0.717) is 19.7 Å². The van der Waals surface area contributed by atoms with E-state index in [4.69, 9.17) is 14.1 Å². The van der Waals surface area contributed by atoms with Crippen LogP contribution in [0, 0.1) is 19.8 Å². The van der Waals surface area contributed by atoms with E-state index in [2.05, 4.69) is 17.1 Å². The Morgan fingerprint density at radius 2 is 2.20 bits per heavy atom. The molecule has 2 rings (SSSR count). The summed E-state index contributed by atoms with van der Waals surface area (Å²) in [5, 5.41) is 3.33. The van der Waals surface area contributed by atoms with E-state index >= 15 is 0 Å². The average Bonchev–Trinajstić information content (AvgIpc) is 2.89. The first kappa shape index (κ1) is 21.8. The molecule has 1 aromatic rings. The van der Waals surface area contributed by atoms with Gasteiger partial charge in [-0.1, -0.05) is 0 Å². The summed E-state index contributed by atoms with van der Waals surface area (Å²) in [6.07, 6.45) is 1.85. The molecule has 1 saturated heterocycles. The molecule has 142 valence electrons. The molecular weight excluding hydrogens is 433 g/mol. The highest BCUT2D eigenvalue weighted by molar-refractivity contribution is 14.0. The van der Waals surface area contributed by atoms with Gasteiger partial charge in [0.25, 0.3) is 0 Å². The Bertz CT molecular complexity index is 586. The first-order valence-corrected chi connectivity index (χ1v) is 8.80. The van der Waals surface area contributed by atoms with E-state index in [0.717, 1.165) is 49.0 Å². The van der Waals surface area contributed by atoms with Crippen LogP contribution in [-0.2, 0) is 16.1 Å². The van der Waals surface area contributed by atoms with E-state index in [1.165, 1.54) is 0 Å². The zero-order valence-electron chi connectivity index (χ0n) is 15.6. The summed E-state index contributed by atoms with van der Waals surface area (Å²) >= 11 is 0. The van der Waals surface area contributed by atoms with E-state index in [1.807, 2.05) is 26.8 Å². The molecule has 1 fully saturated rings. The minimum Gasteiger partial charge on any atom is -0.466 e. The van der Waals surface area contributed by atoms with Crippen molar-refractivity contribution in [1.82, 2.24) is 10.2 Å². The monoisotopic (exact) mass is 463 g/mol. The molecule has 6 nitrogen and oxygen atoms in total. The summed E-state index contributed by atoms with van der Waals surface area (Å²) in [4.78, 5) is 18.9. The summed E-state index contributed by atoms with van der Waals surface area (Å²) in [5.74, 6) is 2.50. The molecule has 1 aromatic heterocycles. The zero-order valence-corrected chi connectivity index (χ0v) is 18.0. The number of guanidine groups is 1. The van der Waals surface area contributed by atoms with Crippen molar-refractivity contribution in [1.29, 1.82) is 0 Å². The molecule has 0 spiro atoms. The van der Waals surface area contributed by atoms with Gasteiger partial charge in [-0.15, -0.1) is 24.0 Å². The molecule has 0 saturated carbocycles. The summed E-state index contributed by atoms with van der Waals surface area (Å²) in [6, 6.07) is 2.03. The van der Waals surface area contributed by atoms with Gasteiger partial charge in [-0.25, -0.2) is 4.99 Å². The second-order valence-corrected chi connectivity index (χ2v) is 6.15. The fourth-order valence-electron chi connectivity index (χ4n) is 3.05. The second kappa shape index (κ2) is 10.7. The van der Waals surface area contributed by atoms with Gasteiger partial charge in [-0.3, -0.25) is 4.79 Å². The lowest BCUT2D eigenvalue weighted by atomic mass is 9.98. The lowest BCUT2D eigenvalue weighted by Crippen LogP contribution is -2.48. The average molecular weight is 463 g/mol. The SMILES string of the molecule is CCNC(=NCc1cc(C)oc1C)N1CCCC(C(=O)OCC)C1.I. The maximum absolute atomic E-state index is 12.0. The van der Waals surface area contributed by atoms with Gasteiger partial charge in [-0.05, 0) is 46.6 Å². The summed E-state index contributed by atoms with van der Waals surface area (Å²) < 4.78 is 10.7. The number of carbonyl (C=O) groups is 1. The number of hydrogen-bond donors (Lipinski definition) is 1. The van der Waals surface area contributed by atoms with Crippen LogP contribution in [0.15, 0.2) is 15.5 Å². The van der Waals surface area contributed by atoms with E-state index in [-0.39, 0.29) is 35.9 Å². The molecule has 7 heteroatoms. The molecule has 0 radical (unpaired) electrons. The number of furan rings is 1. The van der Waals surface area contributed by atoms with Gasteiger partial charge in [-0.2, -0.15) is 0 Å². The number of rotatable bonds is 5. The maximum atomic E-state index is 12.0. The first-order valence-electron chi connectivity index (χ1n) is 8.80. The Kier molecular flexibility index (Phi) is 9.31. The molecule has 1 aliphatic rings. The third-order valence-electron chi connectivity index (χ3n) is 4.22. The predicted octanol–water partition coefficient (Wildman–Crippen LogP) is 3.26. The lowest BCUT2D eigenvalue weighted by molar-refractivity contribution is -0.149. The van der Waals surface area contributed by atoms with Crippen molar-refractivity contribution in [3.8, 4) is 0 Å². The fourth-order valence-corrected chi connectivity index (χ4v) is 3.05. The fraction of sp³-hybridized carbons (Fsp3) is 0.667. The number of nitrogens with zero attached hydrogens (tertiary/aromatic N) is 2. The van der Waals surface area contributed by atoms with Crippen LogP contribution in [0.1, 0.15) is 43.8 Å². The largest absolute Gasteiger partial charge is 0.466 e. The van der Waals surface area contributed by atoms with Crippen LogP contribution >= 0.6 is 24.0 Å². The third-order valence-corrected chi connectivity index (χ3v) is 4.22. The van der Waals surface area contributed by atoms with Gasteiger partial charge in [0.2, 0.25) is 0 Å². The third kappa shape index (κ3) is 6.20. The van der Waals surface area contributed by atoms with Crippen molar-refractivity contribution in [2.75, 3.05) is 26.2 Å². The number of esters is 1. The zero-order chi connectivity index (χ0) is 17.5. The second-order valence-electron chi connectivity index (χ2n) is 6.15. The molecule has 1 atom stereocenters. The summed E-state index contributed by atoms with van der Waals surface area (Å²) in [6.45, 7) is 11.2. The number of carbonyl (C=O) groups excluding carboxylic acids is 1. The van der Waals surface area contributed by atoms with Gasteiger partial charge in [0, 0.05) is 25.2 Å². The van der Waals surface area contributed by atoms with Gasteiger partial charge in [0.1, 0.15) is 11.5 Å². The van der Waals surface area contributed by atoms with Crippen LogP contribution in [0.2, 0.25) is 0 Å². The summed E-state index contributed by atoms with van der Waals surface area (Å²) in [7, 11) is 0. The predicted molar refractivity (Wildman–Crippen MR) is 109 cm³/mol. The number of aliphatic imine (C=N–C) groups is 1. The Morgan fingerprint density at radius 3 is 2.80 bits per heavy atom. The van der Waals surface area contributed by atoms with Crippen molar-refractivity contribution in [2.24, 2.45) is 10.9 Å². The molecule has 2 heterocycles. The number of ether oxygens (including phenoxy) is 1. The Labute approximate surface area is 167 Å². The van der Waals surface area contributed by atoms with Crippen molar-refractivity contribution in [3.05, 3.63) is 23.2 Å². The minimum atomic E-state index is -0.0978. The molecule has 0 amide bonds. The molecule has 0 aromatic carbocycles. The molecule has 25 heavy (non-hydrogen) atoms. The number of aryl methyl sites for hydroxylation is 2. The highest BCUT2D eigenvalue weighted by atomic mass is 127. The normalized spacial score (nSPS) is 17.8. The quantitative estimate of drug-likeness (QED) is 0.314. The van der Waals surface area contributed by atoms with Gasteiger partial charge >= 0.3 is 5.97 Å². The lowest BCUT2D eigenvalue weighted by Gasteiger charge is -2.34. The summed E-state index contributed by atoms with van der Waals surface area (Å²) in [5.41, 5.74) is 1.10. The van der Waals surface area contributed by atoms with Crippen molar-refractivity contribution >= 4 is 35.9 Å². The molecule has 1 unspecified atom stereocenters. The number of piperidine rings is 1. The molecular formula is C18H30IN3O3. The highest BCUT2D eigenvalue weighted by Gasteiger charge is 2.28. The van der Waals surface area contributed by atoms with Crippen LogP contribution in [0.3, 0.4) is 0 Å². The Balaban J connectivity index is 0.00000312. The van der Waals surface area contributed by atoms with Crippen molar-refractivity contribution in [2.45, 2.75) is 47.1 Å². The van der Waals surface area contributed by atoms with Crippen molar-refractivity contribution < 1.29 is 13.9 Å². The molecule has 0 bridgehead atoms. The van der Waals surface area contributed by atoms with Crippen LogP contribution < -0.4 is 5.32 Å². The van der Waals surface area contributed by atoms with Crippen LogP contribution in [0.5, 0.6) is 0 Å². The Hall–Kier alpha value is -1.25. The van der Waals surface area contributed by atoms with Crippen LogP contribution in [0.4, 0.5) is 0 Å². The topological polar surface area (TPSA) is 67.1 Å². The molecule has 1 N–H and O–H groups in total. The standard InChI is InChI=1S/C18H29N3O3.HI/c1-5-19-18(20-11-16-10-13(3)24-14(16)4)21-9-7-8-15(12-21)17(22)23-6-2;/h10,15H,5-9,11-12H2,1-4H3,(H,19,20);1H. The number of halogens is 1. The Morgan fingerprint density at radius 1 is 1.44 bits per heavy atom. The van der Waals surface area contributed by atoms with Gasteiger partial charge in [0.05, 0.1) is 19.1 Å². The first-order chi connectivity index (χ1) is 11.5. The minimum absolute atomic E-state index is 0. The number of hydrogen-bond acceptors (Lipinski definition) is 4. The van der Waals surface area contributed by atoms with Gasteiger partial charge < -0.3 is 19.4 Å². The van der Waals surface area contributed by atoms with E-state index in [9.17, 15) is 4.79 Å². The number of likely N-dealkylation sites (tertiary alicyclic amines) is 1. The smallest absolute Gasteiger partial charge is 0.310 e. The van der Waals surface area contributed by atoms with Crippen LogP contribution in [-0.4, -0.2) is 43.1 Å². The van der Waals surface area contributed by atoms with E-state index < -0.39 is 0 Å². The molecule has 1 aliphatic heterocycles. The number of nitrogens with one attached hydrogen (secondary N) is 1. The van der Waals surface area contributed by atoms with E-state index in [1.54, 1.807) is 0 Å². The molecule has 0 aliphatic carbocycles.